The number of hydrogen-bond donors (Lipinski definition) is 1. The molecule has 1 unspecified atom stereocenters. The molecule has 5 heterocycles. The van der Waals surface area contributed by atoms with E-state index in [4.69, 9.17) is 4.74 Å². The van der Waals surface area contributed by atoms with E-state index in [1.807, 2.05) is 13.1 Å². The molecule has 132 valence electrons. The van der Waals surface area contributed by atoms with Crippen LogP contribution in [-0.2, 0) is 35.3 Å². The van der Waals surface area contributed by atoms with Crippen molar-refractivity contribution in [3.63, 3.8) is 0 Å². The first-order chi connectivity index (χ1) is 12.4. The minimum Gasteiger partial charge on any atom is -0.458 e. The monoisotopic (exact) mass is 352 g/mol. The molecule has 8 heteroatoms. The quantitative estimate of drug-likeness (QED) is 0.509. The van der Waals surface area contributed by atoms with E-state index in [1.54, 1.807) is 28.4 Å². The van der Waals surface area contributed by atoms with Crippen LogP contribution in [0.3, 0.4) is 0 Å². The van der Waals surface area contributed by atoms with Crippen molar-refractivity contribution in [3.05, 3.63) is 45.4 Å². The Morgan fingerprint density at radius 2 is 2.15 bits per heavy atom. The molecule has 0 saturated carbocycles. The van der Waals surface area contributed by atoms with E-state index in [0.29, 0.717) is 34.7 Å². The van der Waals surface area contributed by atoms with Crippen LogP contribution in [0.15, 0.2) is 23.1 Å². The van der Waals surface area contributed by atoms with Crippen LogP contribution in [0.1, 0.15) is 30.0 Å². The summed E-state index contributed by atoms with van der Waals surface area (Å²) in [6.07, 6.45) is 1.87. The second-order valence-corrected chi connectivity index (χ2v) is 6.78. The number of rotatable bonds is 1. The summed E-state index contributed by atoms with van der Waals surface area (Å²) in [6, 6.07) is 3.69. The second-order valence-electron chi connectivity index (χ2n) is 6.78. The number of aromatic nitrogens is 4. The average molecular weight is 352 g/mol. The Morgan fingerprint density at radius 1 is 1.35 bits per heavy atom. The average Bonchev–Trinajstić information content (AvgIpc) is 3.18. The normalized spacial score (nSPS) is 20.7. The van der Waals surface area contributed by atoms with Gasteiger partial charge in [-0.15, -0.1) is 0 Å². The molecule has 0 amide bonds. The van der Waals surface area contributed by atoms with Gasteiger partial charge in [0, 0.05) is 23.6 Å². The van der Waals surface area contributed by atoms with Gasteiger partial charge in [-0.3, -0.25) is 9.48 Å². The smallest absolute Gasteiger partial charge is 0.343 e. The van der Waals surface area contributed by atoms with E-state index in [0.717, 1.165) is 10.9 Å². The number of cyclic esters (lactones) is 1. The van der Waals surface area contributed by atoms with Crippen molar-refractivity contribution in [2.45, 2.75) is 32.1 Å². The number of ether oxygens (including phenoxy) is 1. The molecule has 5 rings (SSSR count). The molecule has 0 saturated heterocycles. The van der Waals surface area contributed by atoms with Crippen molar-refractivity contribution in [2.75, 3.05) is 0 Å². The van der Waals surface area contributed by atoms with Gasteiger partial charge < -0.3 is 14.4 Å². The zero-order chi connectivity index (χ0) is 18.2. The fraction of sp³-hybridized carbons (Fsp3) is 0.333. The predicted octanol–water partition coefficient (Wildman–Crippen LogP) is 0.813. The first kappa shape index (κ1) is 15.3. The number of fused-ring (bicyclic) bond motifs is 5. The van der Waals surface area contributed by atoms with Gasteiger partial charge in [0.15, 0.2) is 11.2 Å². The van der Waals surface area contributed by atoms with E-state index >= 15 is 0 Å². The van der Waals surface area contributed by atoms with E-state index in [9.17, 15) is 14.7 Å². The SMILES string of the molecule is CCC1(O)C(=O)OCc2c1cc1n(c2=O)Cc2cc3cnn(C)c3nc2-1. The van der Waals surface area contributed by atoms with Crippen LogP contribution in [0.2, 0.25) is 0 Å². The zero-order valence-electron chi connectivity index (χ0n) is 14.3. The van der Waals surface area contributed by atoms with Crippen LogP contribution in [0.5, 0.6) is 0 Å². The topological polar surface area (TPSA) is 99.2 Å². The molecule has 2 aliphatic rings. The third kappa shape index (κ3) is 1.71. The molecular weight excluding hydrogens is 336 g/mol. The molecule has 26 heavy (non-hydrogen) atoms. The lowest BCUT2D eigenvalue weighted by atomic mass is 9.86. The number of esters is 1. The van der Waals surface area contributed by atoms with Crippen molar-refractivity contribution in [1.82, 2.24) is 19.3 Å². The first-order valence-electron chi connectivity index (χ1n) is 8.43. The summed E-state index contributed by atoms with van der Waals surface area (Å²) in [6.45, 7) is 1.96. The Bertz CT molecular complexity index is 1180. The van der Waals surface area contributed by atoms with Gasteiger partial charge in [0.1, 0.15) is 6.61 Å². The predicted molar refractivity (Wildman–Crippen MR) is 91.3 cm³/mol. The van der Waals surface area contributed by atoms with Gasteiger partial charge in [-0.1, -0.05) is 6.92 Å². The minimum absolute atomic E-state index is 0.120. The maximum absolute atomic E-state index is 13.0. The fourth-order valence-corrected chi connectivity index (χ4v) is 3.89. The molecule has 2 aliphatic heterocycles. The molecule has 0 aliphatic carbocycles. The molecule has 0 bridgehead atoms. The van der Waals surface area contributed by atoms with Crippen molar-refractivity contribution in [3.8, 4) is 11.4 Å². The maximum Gasteiger partial charge on any atom is 0.343 e. The summed E-state index contributed by atoms with van der Waals surface area (Å²) >= 11 is 0. The molecule has 0 radical (unpaired) electrons. The Balaban J connectivity index is 1.82. The molecule has 1 N–H and O–H groups in total. The van der Waals surface area contributed by atoms with E-state index in [1.165, 1.54) is 0 Å². The summed E-state index contributed by atoms with van der Waals surface area (Å²) in [7, 11) is 1.81. The molecule has 3 aromatic heterocycles. The molecule has 1 atom stereocenters. The van der Waals surface area contributed by atoms with E-state index < -0.39 is 11.6 Å². The van der Waals surface area contributed by atoms with Crippen LogP contribution >= 0.6 is 0 Å². The summed E-state index contributed by atoms with van der Waals surface area (Å²) in [4.78, 5) is 29.8. The van der Waals surface area contributed by atoms with Gasteiger partial charge in [-0.2, -0.15) is 5.10 Å². The van der Waals surface area contributed by atoms with Gasteiger partial charge in [-0.05, 0) is 18.6 Å². The lowest BCUT2D eigenvalue weighted by molar-refractivity contribution is -0.172. The molecule has 8 nitrogen and oxygen atoms in total. The van der Waals surface area contributed by atoms with Gasteiger partial charge in [0.25, 0.3) is 5.56 Å². The number of aryl methyl sites for hydroxylation is 1. The lowest BCUT2D eigenvalue weighted by Gasteiger charge is -2.31. The van der Waals surface area contributed by atoms with Gasteiger partial charge in [0.05, 0.1) is 29.7 Å². The van der Waals surface area contributed by atoms with Crippen LogP contribution in [-0.4, -0.2) is 30.4 Å². The number of nitrogens with zero attached hydrogens (tertiary/aromatic N) is 4. The number of carbonyl (C=O) groups is 1. The Labute approximate surface area is 147 Å². The van der Waals surface area contributed by atoms with Crippen LogP contribution < -0.4 is 5.56 Å². The zero-order valence-corrected chi connectivity index (χ0v) is 14.3. The van der Waals surface area contributed by atoms with E-state index in [2.05, 4.69) is 10.1 Å². The first-order valence-corrected chi connectivity index (χ1v) is 8.43. The van der Waals surface area contributed by atoms with Gasteiger partial charge in [-0.25, -0.2) is 9.78 Å². The Kier molecular flexibility index (Phi) is 2.81. The second kappa shape index (κ2) is 4.79. The fourth-order valence-electron chi connectivity index (χ4n) is 3.89. The van der Waals surface area contributed by atoms with Crippen LogP contribution in [0, 0.1) is 0 Å². The van der Waals surface area contributed by atoms with Crippen LogP contribution in [0.25, 0.3) is 22.4 Å². The van der Waals surface area contributed by atoms with Gasteiger partial charge >= 0.3 is 5.97 Å². The summed E-state index contributed by atoms with van der Waals surface area (Å²) < 4.78 is 8.36. The highest BCUT2D eigenvalue weighted by Crippen LogP contribution is 2.38. The maximum atomic E-state index is 13.0. The highest BCUT2D eigenvalue weighted by molar-refractivity contribution is 5.85. The lowest BCUT2D eigenvalue weighted by Crippen LogP contribution is -2.44. The number of pyridine rings is 2. The molecular formula is C18H16N4O4. The van der Waals surface area contributed by atoms with Crippen molar-refractivity contribution in [1.29, 1.82) is 0 Å². The third-order valence-electron chi connectivity index (χ3n) is 5.40. The highest BCUT2D eigenvalue weighted by atomic mass is 16.6. The molecule has 3 aromatic rings. The summed E-state index contributed by atoms with van der Waals surface area (Å²) in [5.74, 6) is -0.717. The largest absolute Gasteiger partial charge is 0.458 e. The highest BCUT2D eigenvalue weighted by Gasteiger charge is 2.45. The standard InChI is InChI=1S/C18H16N4O4/c1-3-18(25)12-5-13-14-10(4-9-6-19-21(2)15(9)20-14)7-22(13)16(23)11(12)8-26-17(18)24/h4-6,25H,3,7-8H2,1-2H3. The Hall–Kier alpha value is -3.00. The molecule has 0 aromatic carbocycles. The van der Waals surface area contributed by atoms with Crippen molar-refractivity contribution < 1.29 is 14.6 Å². The number of aliphatic hydroxyl groups is 1. The Morgan fingerprint density at radius 3 is 2.92 bits per heavy atom. The summed E-state index contributed by atoms with van der Waals surface area (Å²) in [5.41, 5.74) is 1.51. The number of hydrogen-bond acceptors (Lipinski definition) is 6. The molecule has 0 spiro atoms. The summed E-state index contributed by atoms with van der Waals surface area (Å²) in [5, 5.41) is 15.9. The van der Waals surface area contributed by atoms with E-state index in [-0.39, 0.29) is 18.6 Å². The van der Waals surface area contributed by atoms with Gasteiger partial charge in [0.2, 0.25) is 0 Å². The third-order valence-corrected chi connectivity index (χ3v) is 5.40. The minimum atomic E-state index is -1.80. The number of carbonyl (C=O) groups excluding carboxylic acids is 1. The molecule has 0 fully saturated rings. The van der Waals surface area contributed by atoms with Crippen LogP contribution in [0.4, 0.5) is 0 Å². The van der Waals surface area contributed by atoms with Crippen molar-refractivity contribution in [2.24, 2.45) is 7.05 Å². The van der Waals surface area contributed by atoms with Crippen molar-refractivity contribution >= 4 is 17.0 Å².